The van der Waals surface area contributed by atoms with Crippen LogP contribution >= 0.6 is 11.6 Å². The Hall–Kier alpha value is -2.74. The second-order valence-electron chi connectivity index (χ2n) is 8.84. The quantitative estimate of drug-likeness (QED) is 0.656. The van der Waals surface area contributed by atoms with E-state index < -0.39 is 5.54 Å². The van der Waals surface area contributed by atoms with E-state index >= 15 is 0 Å². The van der Waals surface area contributed by atoms with E-state index in [1.165, 1.54) is 0 Å². The van der Waals surface area contributed by atoms with Crippen molar-refractivity contribution in [2.45, 2.75) is 56.5 Å². The number of halogens is 1. The Morgan fingerprint density at radius 3 is 2.77 bits per heavy atom. The second-order valence-corrected chi connectivity index (χ2v) is 9.24. The first-order valence-electron chi connectivity index (χ1n) is 10.8. The van der Waals surface area contributed by atoms with Gasteiger partial charge in [-0.2, -0.15) is 0 Å². The molecule has 31 heavy (non-hydrogen) atoms. The van der Waals surface area contributed by atoms with E-state index in [4.69, 9.17) is 16.0 Å². The van der Waals surface area contributed by atoms with Crippen LogP contribution in [0.5, 0.6) is 0 Å². The van der Waals surface area contributed by atoms with Crippen LogP contribution in [-0.4, -0.2) is 42.4 Å². The van der Waals surface area contributed by atoms with Crippen LogP contribution in [0.2, 0.25) is 5.02 Å². The first-order valence-corrected chi connectivity index (χ1v) is 11.1. The van der Waals surface area contributed by atoms with Crippen molar-refractivity contribution in [3.05, 3.63) is 28.5 Å². The maximum absolute atomic E-state index is 12.9. The highest BCUT2D eigenvalue weighted by molar-refractivity contribution is 6.35. The molecule has 1 atom stereocenters. The zero-order valence-electron chi connectivity index (χ0n) is 17.3. The van der Waals surface area contributed by atoms with Crippen molar-refractivity contribution in [2.75, 3.05) is 18.9 Å². The van der Waals surface area contributed by atoms with Gasteiger partial charge in [0.25, 0.3) is 5.91 Å². The number of rotatable bonds is 2. The summed E-state index contributed by atoms with van der Waals surface area (Å²) >= 11 is 6.54. The van der Waals surface area contributed by atoms with Crippen LogP contribution in [0.3, 0.4) is 0 Å². The van der Waals surface area contributed by atoms with E-state index in [2.05, 4.69) is 16.0 Å². The van der Waals surface area contributed by atoms with Crippen molar-refractivity contribution in [2.24, 2.45) is 0 Å². The van der Waals surface area contributed by atoms with Crippen molar-refractivity contribution in [1.29, 1.82) is 0 Å². The van der Waals surface area contributed by atoms with E-state index in [-0.39, 0.29) is 36.1 Å². The standard InChI is InChI=1S/C22H25ClN4O4/c1-27-8-5-13(11-16(27)28)24-20(29)15-10-12-9-14(23)18-17(19(12)31-15)22(26-21(30)25-18)6-3-2-4-7-22/h9-10,13H,2-8,11H2,1H3,(H,24,29)(H2,25,26,30). The van der Waals surface area contributed by atoms with E-state index in [0.717, 1.165) is 43.1 Å². The van der Waals surface area contributed by atoms with Crippen LogP contribution in [0.1, 0.15) is 61.1 Å². The molecular formula is C22H25ClN4O4. The van der Waals surface area contributed by atoms with Gasteiger partial charge in [-0.25, -0.2) is 4.79 Å². The molecule has 0 bridgehead atoms. The molecule has 1 aliphatic carbocycles. The predicted octanol–water partition coefficient (Wildman–Crippen LogP) is 3.73. The highest BCUT2D eigenvalue weighted by atomic mass is 35.5. The number of hydrogen-bond acceptors (Lipinski definition) is 4. The lowest BCUT2D eigenvalue weighted by Gasteiger charge is -2.42. The number of piperidine rings is 1. The number of benzene rings is 1. The topological polar surface area (TPSA) is 104 Å². The summed E-state index contributed by atoms with van der Waals surface area (Å²) in [4.78, 5) is 38.9. The number of amides is 4. The molecule has 2 aromatic rings. The molecule has 1 unspecified atom stereocenters. The molecule has 8 nitrogen and oxygen atoms in total. The first-order chi connectivity index (χ1) is 14.9. The SMILES string of the molecule is CN1CCC(NC(=O)c2cc3cc(Cl)c4c(c3o2)C2(CCCCC2)NC(=O)N4)CC1=O. The molecule has 0 radical (unpaired) electrons. The summed E-state index contributed by atoms with van der Waals surface area (Å²) in [5.41, 5.74) is 1.40. The van der Waals surface area contributed by atoms with Crippen LogP contribution in [-0.2, 0) is 10.3 Å². The number of carbonyl (C=O) groups excluding carboxylic acids is 3. The molecule has 2 fully saturated rings. The van der Waals surface area contributed by atoms with Gasteiger partial charge in [-0.15, -0.1) is 0 Å². The molecule has 3 aliphatic rings. The molecule has 1 aromatic carbocycles. The summed E-state index contributed by atoms with van der Waals surface area (Å²) in [5, 5.41) is 10.00. The summed E-state index contributed by atoms with van der Waals surface area (Å²) in [6.45, 7) is 0.612. The van der Waals surface area contributed by atoms with Gasteiger partial charge in [0.2, 0.25) is 5.91 Å². The summed E-state index contributed by atoms with van der Waals surface area (Å²) in [5.74, 6) is -0.161. The summed E-state index contributed by atoms with van der Waals surface area (Å²) in [6, 6.07) is 2.91. The van der Waals surface area contributed by atoms with Crippen molar-refractivity contribution in [3.63, 3.8) is 0 Å². The minimum atomic E-state index is -0.551. The lowest BCUT2D eigenvalue weighted by atomic mass is 9.74. The van der Waals surface area contributed by atoms with Crippen LogP contribution < -0.4 is 16.0 Å². The summed E-state index contributed by atoms with van der Waals surface area (Å²) in [6.07, 6.45) is 5.67. The highest BCUT2D eigenvalue weighted by Gasteiger charge is 2.44. The predicted molar refractivity (Wildman–Crippen MR) is 116 cm³/mol. The average Bonchev–Trinajstić information content (AvgIpc) is 3.15. The molecule has 1 aromatic heterocycles. The third kappa shape index (κ3) is 3.43. The number of likely N-dealkylation sites (tertiary alicyclic amines) is 1. The van der Waals surface area contributed by atoms with E-state index in [1.807, 2.05) is 0 Å². The van der Waals surface area contributed by atoms with Gasteiger partial charge in [0, 0.05) is 37.0 Å². The molecule has 4 amide bonds. The maximum Gasteiger partial charge on any atom is 0.319 e. The molecule has 1 saturated heterocycles. The number of urea groups is 1. The summed E-state index contributed by atoms with van der Waals surface area (Å²) < 4.78 is 6.08. The van der Waals surface area contributed by atoms with Gasteiger partial charge in [-0.1, -0.05) is 30.9 Å². The fourth-order valence-electron chi connectivity index (χ4n) is 5.12. The Bertz CT molecular complexity index is 1090. The van der Waals surface area contributed by atoms with E-state index in [9.17, 15) is 14.4 Å². The van der Waals surface area contributed by atoms with E-state index in [1.54, 1.807) is 24.1 Å². The van der Waals surface area contributed by atoms with Gasteiger partial charge in [-0.3, -0.25) is 9.59 Å². The Morgan fingerprint density at radius 1 is 1.26 bits per heavy atom. The van der Waals surface area contributed by atoms with Crippen molar-refractivity contribution >= 4 is 46.1 Å². The minimum absolute atomic E-state index is 0.0167. The lowest BCUT2D eigenvalue weighted by Crippen LogP contribution is -2.52. The first kappa shape index (κ1) is 20.2. The minimum Gasteiger partial charge on any atom is -0.450 e. The molecular weight excluding hydrogens is 420 g/mol. The molecule has 2 aliphatic heterocycles. The van der Waals surface area contributed by atoms with Gasteiger partial charge in [-0.05, 0) is 31.4 Å². The monoisotopic (exact) mass is 444 g/mol. The van der Waals surface area contributed by atoms with Gasteiger partial charge in [0.05, 0.1) is 16.2 Å². The third-order valence-electron chi connectivity index (χ3n) is 6.75. The van der Waals surface area contributed by atoms with Crippen LogP contribution in [0.25, 0.3) is 11.0 Å². The maximum atomic E-state index is 12.9. The molecule has 3 heterocycles. The van der Waals surface area contributed by atoms with Gasteiger partial charge in [0.15, 0.2) is 5.76 Å². The van der Waals surface area contributed by atoms with E-state index in [0.29, 0.717) is 29.3 Å². The van der Waals surface area contributed by atoms with Crippen molar-refractivity contribution in [1.82, 2.24) is 15.5 Å². The van der Waals surface area contributed by atoms with Gasteiger partial charge < -0.3 is 25.3 Å². The Kier molecular flexibility index (Phi) is 4.84. The smallest absolute Gasteiger partial charge is 0.319 e. The van der Waals surface area contributed by atoms with Crippen LogP contribution in [0.4, 0.5) is 10.5 Å². The highest BCUT2D eigenvalue weighted by Crippen LogP contribution is 2.48. The van der Waals surface area contributed by atoms with Crippen LogP contribution in [0.15, 0.2) is 16.5 Å². The largest absolute Gasteiger partial charge is 0.450 e. The fourth-order valence-corrected chi connectivity index (χ4v) is 5.38. The molecule has 1 saturated carbocycles. The Labute approximate surface area is 184 Å². The zero-order chi connectivity index (χ0) is 21.8. The zero-order valence-corrected chi connectivity index (χ0v) is 18.1. The van der Waals surface area contributed by atoms with Crippen molar-refractivity contribution < 1.29 is 18.8 Å². The average molecular weight is 445 g/mol. The third-order valence-corrected chi connectivity index (χ3v) is 7.05. The number of carbonyl (C=O) groups is 3. The number of nitrogens with one attached hydrogen (secondary N) is 3. The molecule has 9 heteroatoms. The fraction of sp³-hybridized carbons (Fsp3) is 0.500. The molecule has 5 rings (SSSR count). The molecule has 164 valence electrons. The summed E-state index contributed by atoms with van der Waals surface area (Å²) in [7, 11) is 1.76. The van der Waals surface area contributed by atoms with Gasteiger partial charge >= 0.3 is 6.03 Å². The molecule has 1 spiro atoms. The van der Waals surface area contributed by atoms with Crippen molar-refractivity contribution in [3.8, 4) is 0 Å². The molecule has 3 N–H and O–H groups in total. The number of furan rings is 1. The number of hydrogen-bond donors (Lipinski definition) is 3. The number of anilines is 1. The van der Waals surface area contributed by atoms with Gasteiger partial charge in [0.1, 0.15) is 5.58 Å². The normalized spacial score (nSPS) is 22.8. The number of fused-ring (bicyclic) bond motifs is 4. The van der Waals surface area contributed by atoms with Crippen LogP contribution in [0, 0.1) is 0 Å². The lowest BCUT2D eigenvalue weighted by molar-refractivity contribution is -0.132. The Morgan fingerprint density at radius 2 is 2.03 bits per heavy atom. The second kappa shape index (κ2) is 7.44. The Balaban J connectivity index is 1.52. The number of nitrogens with zero attached hydrogens (tertiary/aromatic N) is 1.